The number of ketones is 1. The summed E-state index contributed by atoms with van der Waals surface area (Å²) in [4.78, 5) is 24.2. The number of sulfonamides is 1. The van der Waals surface area contributed by atoms with Crippen LogP contribution >= 0.6 is 0 Å². The minimum atomic E-state index is -3.60. The first kappa shape index (κ1) is 19.9. The number of benzene rings is 1. The summed E-state index contributed by atoms with van der Waals surface area (Å²) in [6.45, 7) is 1.38. The van der Waals surface area contributed by atoms with E-state index in [0.29, 0.717) is 32.0 Å². The van der Waals surface area contributed by atoms with E-state index in [0.717, 1.165) is 0 Å². The van der Waals surface area contributed by atoms with Gasteiger partial charge in [0.1, 0.15) is 0 Å². The Labute approximate surface area is 162 Å². The third-order valence-electron chi connectivity index (χ3n) is 4.15. The number of ether oxygens (including phenoxy) is 1. The van der Waals surface area contributed by atoms with Gasteiger partial charge >= 0.3 is 0 Å². The van der Waals surface area contributed by atoms with E-state index in [4.69, 9.17) is 4.74 Å². The maximum Gasteiger partial charge on any atom is 0.243 e. The number of rotatable bonds is 6. The molecule has 0 aliphatic carbocycles. The predicted molar refractivity (Wildman–Crippen MR) is 102 cm³/mol. The maximum atomic E-state index is 12.7. The molecule has 0 atom stereocenters. The Hall–Kier alpha value is -2.82. The minimum Gasteiger partial charge on any atom is -0.394 e. The summed E-state index contributed by atoms with van der Waals surface area (Å²) in [5, 5.41) is 6.75. The summed E-state index contributed by atoms with van der Waals surface area (Å²) in [7, 11) is -1.96. The molecular formula is C18H20N4O5S. The number of morpholine rings is 1. The van der Waals surface area contributed by atoms with E-state index >= 15 is 0 Å². The van der Waals surface area contributed by atoms with E-state index in [9.17, 15) is 18.0 Å². The second-order valence-electron chi connectivity index (χ2n) is 5.97. The number of nitrogens with one attached hydrogen (secondary N) is 1. The molecule has 0 unspecified atom stereocenters. The first-order valence-corrected chi connectivity index (χ1v) is 10.0. The molecule has 0 radical (unpaired) electrons. The van der Waals surface area contributed by atoms with E-state index in [1.807, 2.05) is 0 Å². The van der Waals surface area contributed by atoms with Crippen molar-refractivity contribution in [2.75, 3.05) is 33.4 Å². The van der Waals surface area contributed by atoms with Crippen LogP contribution in [0.1, 0.15) is 10.5 Å². The van der Waals surface area contributed by atoms with E-state index < -0.39 is 21.2 Å². The van der Waals surface area contributed by atoms with Crippen LogP contribution < -0.4 is 10.7 Å². The van der Waals surface area contributed by atoms with Gasteiger partial charge in [0, 0.05) is 44.7 Å². The molecular weight excluding hydrogens is 384 g/mol. The Kier molecular flexibility index (Phi) is 6.02. The summed E-state index contributed by atoms with van der Waals surface area (Å²) in [6, 6.07) is 7.33. The van der Waals surface area contributed by atoms with E-state index in [1.54, 1.807) is 19.2 Å². The molecule has 0 bridgehead atoms. The largest absolute Gasteiger partial charge is 0.394 e. The zero-order chi connectivity index (χ0) is 20.1. The lowest BCUT2D eigenvalue weighted by Gasteiger charge is -2.26. The van der Waals surface area contributed by atoms with Crippen LogP contribution in [0.15, 0.2) is 58.5 Å². The highest BCUT2D eigenvalue weighted by Gasteiger charge is 2.26. The fourth-order valence-corrected chi connectivity index (χ4v) is 4.07. The molecule has 3 rings (SSSR count). The van der Waals surface area contributed by atoms with Crippen molar-refractivity contribution in [1.82, 2.24) is 19.4 Å². The molecule has 148 valence electrons. The Morgan fingerprint density at radius 1 is 1.18 bits per heavy atom. The van der Waals surface area contributed by atoms with Gasteiger partial charge in [0.05, 0.1) is 23.8 Å². The normalized spacial score (nSPS) is 15.6. The molecule has 1 aromatic carbocycles. The molecule has 2 heterocycles. The number of aromatic nitrogens is 2. The standard InChI is InChI=1S/C18H20N4O5S/c1-19-8-6-16(23)18-17(24)7-9-22(20-18)14-2-4-15(5-3-14)28(25,26)21-10-12-27-13-11-21/h2-9,19H,10-13H2,1H3/b8-6+. The van der Waals surface area contributed by atoms with Crippen LogP contribution in [0.3, 0.4) is 0 Å². The summed E-state index contributed by atoms with van der Waals surface area (Å²) in [5.74, 6) is -0.528. The van der Waals surface area contributed by atoms with Crippen molar-refractivity contribution in [1.29, 1.82) is 0 Å². The van der Waals surface area contributed by atoms with Gasteiger partial charge in [-0.15, -0.1) is 0 Å². The number of carbonyl (C=O) groups is 1. The predicted octanol–water partition coefficient (Wildman–Crippen LogP) is 0.169. The number of hydrogen-bond donors (Lipinski definition) is 1. The molecule has 1 N–H and O–H groups in total. The Morgan fingerprint density at radius 3 is 2.50 bits per heavy atom. The highest BCUT2D eigenvalue weighted by molar-refractivity contribution is 7.89. The topological polar surface area (TPSA) is 111 Å². The van der Waals surface area contributed by atoms with Gasteiger partial charge in [-0.05, 0) is 24.3 Å². The van der Waals surface area contributed by atoms with Crippen LogP contribution in [0.25, 0.3) is 5.69 Å². The van der Waals surface area contributed by atoms with Crippen molar-refractivity contribution in [3.8, 4) is 5.69 Å². The van der Waals surface area contributed by atoms with Crippen molar-refractivity contribution in [2.24, 2.45) is 0 Å². The minimum absolute atomic E-state index is 0.160. The van der Waals surface area contributed by atoms with Gasteiger partial charge in [-0.2, -0.15) is 9.40 Å². The van der Waals surface area contributed by atoms with Gasteiger partial charge in [0.15, 0.2) is 5.69 Å². The Balaban J connectivity index is 1.88. The molecule has 1 aliphatic heterocycles. The number of nitrogens with zero attached hydrogens (tertiary/aromatic N) is 3. The molecule has 0 spiro atoms. The first-order valence-electron chi connectivity index (χ1n) is 8.60. The molecule has 10 heteroatoms. The summed E-state index contributed by atoms with van der Waals surface area (Å²) >= 11 is 0. The summed E-state index contributed by atoms with van der Waals surface area (Å²) in [6.07, 6.45) is 4.05. The van der Waals surface area contributed by atoms with Crippen molar-refractivity contribution >= 4 is 15.8 Å². The van der Waals surface area contributed by atoms with Crippen molar-refractivity contribution < 1.29 is 17.9 Å². The third kappa shape index (κ3) is 4.19. The molecule has 0 saturated carbocycles. The average molecular weight is 404 g/mol. The van der Waals surface area contributed by atoms with Gasteiger partial charge in [0.25, 0.3) is 0 Å². The average Bonchev–Trinajstić information content (AvgIpc) is 2.73. The summed E-state index contributed by atoms with van der Waals surface area (Å²) in [5.41, 5.74) is -0.194. The first-order chi connectivity index (χ1) is 13.4. The SMILES string of the molecule is CN/C=C/C(=O)c1nn(-c2ccc(S(=O)(=O)N3CCOCC3)cc2)ccc1=O. The lowest BCUT2D eigenvalue weighted by atomic mass is 10.2. The van der Waals surface area contributed by atoms with Crippen molar-refractivity contribution in [3.63, 3.8) is 0 Å². The number of hydrogen-bond acceptors (Lipinski definition) is 7. The highest BCUT2D eigenvalue weighted by atomic mass is 32.2. The second kappa shape index (κ2) is 8.46. The Bertz CT molecular complexity index is 1040. The molecule has 2 aromatic rings. The molecule has 28 heavy (non-hydrogen) atoms. The van der Waals surface area contributed by atoms with Crippen LogP contribution in [0.5, 0.6) is 0 Å². The van der Waals surface area contributed by atoms with Gasteiger partial charge in [-0.25, -0.2) is 13.1 Å². The lowest BCUT2D eigenvalue weighted by Crippen LogP contribution is -2.40. The molecule has 1 fully saturated rings. The van der Waals surface area contributed by atoms with Gasteiger partial charge < -0.3 is 10.1 Å². The van der Waals surface area contributed by atoms with Gasteiger partial charge in [-0.3, -0.25) is 9.59 Å². The number of carbonyl (C=O) groups excluding carboxylic acids is 1. The van der Waals surface area contributed by atoms with E-state index in [2.05, 4.69) is 10.4 Å². The fourth-order valence-electron chi connectivity index (χ4n) is 2.67. The zero-order valence-corrected chi connectivity index (χ0v) is 16.1. The molecule has 1 saturated heterocycles. The maximum absolute atomic E-state index is 12.7. The van der Waals surface area contributed by atoms with Crippen LogP contribution in [-0.2, 0) is 14.8 Å². The number of allylic oxidation sites excluding steroid dienone is 1. The van der Waals surface area contributed by atoms with Gasteiger partial charge in [0.2, 0.25) is 21.2 Å². The van der Waals surface area contributed by atoms with Crippen molar-refractivity contribution in [2.45, 2.75) is 4.90 Å². The van der Waals surface area contributed by atoms with Crippen LogP contribution in [0.4, 0.5) is 0 Å². The fraction of sp³-hybridized carbons (Fsp3) is 0.278. The lowest BCUT2D eigenvalue weighted by molar-refractivity contribution is 0.0730. The van der Waals surface area contributed by atoms with Crippen LogP contribution in [0.2, 0.25) is 0 Å². The second-order valence-corrected chi connectivity index (χ2v) is 7.91. The molecule has 1 aliphatic rings. The van der Waals surface area contributed by atoms with Crippen molar-refractivity contribution in [3.05, 3.63) is 64.7 Å². The van der Waals surface area contributed by atoms with E-state index in [-0.39, 0.29) is 10.6 Å². The smallest absolute Gasteiger partial charge is 0.243 e. The van der Waals surface area contributed by atoms with Crippen LogP contribution in [0, 0.1) is 0 Å². The highest BCUT2D eigenvalue weighted by Crippen LogP contribution is 2.18. The quantitative estimate of drug-likeness (QED) is 0.540. The Morgan fingerprint density at radius 2 is 1.86 bits per heavy atom. The third-order valence-corrected chi connectivity index (χ3v) is 6.06. The summed E-state index contributed by atoms with van der Waals surface area (Å²) < 4.78 is 33.3. The molecule has 9 nitrogen and oxygen atoms in total. The zero-order valence-electron chi connectivity index (χ0n) is 15.2. The monoisotopic (exact) mass is 404 g/mol. The molecule has 0 amide bonds. The van der Waals surface area contributed by atoms with E-state index in [1.165, 1.54) is 45.7 Å². The van der Waals surface area contributed by atoms with Crippen LogP contribution in [-0.4, -0.2) is 61.6 Å². The molecule has 1 aromatic heterocycles. The van der Waals surface area contributed by atoms with Gasteiger partial charge in [-0.1, -0.05) is 0 Å².